The smallest absolute Gasteiger partial charge is 0.317 e. The van der Waals surface area contributed by atoms with Gasteiger partial charge in [-0.15, -0.1) is 0 Å². The molecule has 1 unspecified atom stereocenters. The molecule has 0 saturated heterocycles. The van der Waals surface area contributed by atoms with Gasteiger partial charge in [-0.1, -0.05) is 12.5 Å². The van der Waals surface area contributed by atoms with Crippen LogP contribution in [0.4, 0.5) is 0 Å². The fourth-order valence-corrected chi connectivity index (χ4v) is 0.496. The van der Waals surface area contributed by atoms with Gasteiger partial charge in [-0.25, -0.2) is 0 Å². The molecule has 0 amide bonds. The van der Waals surface area contributed by atoms with E-state index in [0.717, 1.165) is 0 Å². The molecule has 0 aliphatic heterocycles. The zero-order chi connectivity index (χ0) is 9.98. The van der Waals surface area contributed by atoms with E-state index in [2.05, 4.69) is 9.84 Å². The Labute approximate surface area is 74.2 Å². The van der Waals surface area contributed by atoms with E-state index in [9.17, 15) is 9.36 Å². The van der Waals surface area contributed by atoms with Gasteiger partial charge in [0.1, 0.15) is 6.73 Å². The Kier molecular flexibility index (Phi) is 12.8. The van der Waals surface area contributed by atoms with E-state index in [1.807, 2.05) is 0 Å². The normalized spacial score (nSPS) is 11.4. The van der Waals surface area contributed by atoms with Crippen molar-refractivity contribution in [3.05, 3.63) is 0 Å². The molecule has 0 heterocycles. The summed E-state index contributed by atoms with van der Waals surface area (Å²) in [4.78, 5) is 17.8. The van der Waals surface area contributed by atoms with Crippen molar-refractivity contribution in [2.45, 2.75) is 0 Å². The first-order valence-electron chi connectivity index (χ1n) is 2.64. The van der Waals surface area contributed by atoms with E-state index >= 15 is 0 Å². The van der Waals surface area contributed by atoms with Crippen LogP contribution in [0.2, 0.25) is 0 Å². The van der Waals surface area contributed by atoms with Gasteiger partial charge < -0.3 is 10.00 Å². The fourth-order valence-electron chi connectivity index (χ4n) is 0.271. The van der Waals surface area contributed by atoms with Gasteiger partial charge in [0.05, 0.1) is 6.54 Å². The SMILES string of the molecule is O=C(O)CNCO[PH](=O)O.O=[SH3]. The van der Waals surface area contributed by atoms with Crippen molar-refractivity contribution in [3.63, 3.8) is 0 Å². The lowest BCUT2D eigenvalue weighted by atomic mass is 10.7. The Morgan fingerprint density at radius 3 is 2.42 bits per heavy atom. The first-order chi connectivity index (χ1) is 5.63. The minimum Gasteiger partial charge on any atom is -0.480 e. The van der Waals surface area contributed by atoms with Gasteiger partial charge >= 0.3 is 14.2 Å². The lowest BCUT2D eigenvalue weighted by Gasteiger charge is -1.98. The molecule has 0 saturated carbocycles. The first-order valence-corrected chi connectivity index (χ1v) is 4.38. The van der Waals surface area contributed by atoms with Crippen LogP contribution in [0.25, 0.3) is 0 Å². The molecule has 0 fully saturated rings. The molecule has 1 radical (unpaired) electrons. The summed E-state index contributed by atoms with van der Waals surface area (Å²) in [5.74, 6) is -1.04. The maximum Gasteiger partial charge on any atom is 0.317 e. The maximum atomic E-state index is 9.82. The van der Waals surface area contributed by atoms with Gasteiger partial charge in [0.25, 0.3) is 0 Å². The van der Waals surface area contributed by atoms with E-state index in [-0.39, 0.29) is 13.3 Å². The topological polar surface area (TPSA) is 113 Å². The van der Waals surface area contributed by atoms with Gasteiger partial charge in [-0.2, -0.15) is 0 Å². The van der Waals surface area contributed by atoms with Crippen LogP contribution >= 0.6 is 8.25 Å². The number of carbonyl (C=O) groups is 1. The predicted molar refractivity (Wildman–Crippen MR) is 45.1 cm³/mol. The van der Waals surface area contributed by atoms with Crippen molar-refractivity contribution in [2.24, 2.45) is 0 Å². The van der Waals surface area contributed by atoms with Gasteiger partial charge in [0.2, 0.25) is 0 Å². The largest absolute Gasteiger partial charge is 0.480 e. The van der Waals surface area contributed by atoms with Crippen molar-refractivity contribution in [1.82, 2.24) is 5.32 Å². The number of nitrogens with one attached hydrogen (secondary N) is 1. The highest BCUT2D eigenvalue weighted by atomic mass is 32.1. The zero-order valence-corrected chi connectivity index (χ0v) is 8.17. The Bertz CT molecular complexity index is 138. The predicted octanol–water partition coefficient (Wildman–Crippen LogP) is -2.12. The molecule has 0 aromatic heterocycles. The summed E-state index contributed by atoms with van der Waals surface area (Å²) in [5, 5.41) is 10.3. The highest BCUT2D eigenvalue weighted by molar-refractivity contribution is 7.44. The van der Waals surface area contributed by atoms with Crippen LogP contribution in [-0.2, 0) is 26.4 Å². The average Bonchev–Trinajstić information content (AvgIpc) is 2.02. The molecule has 0 aliphatic rings. The van der Waals surface area contributed by atoms with Crippen molar-refractivity contribution < 1.29 is 28.1 Å². The molecule has 0 aliphatic carbocycles. The molecule has 0 bridgehead atoms. The summed E-state index contributed by atoms with van der Waals surface area (Å²) in [5.41, 5.74) is 0. The van der Waals surface area contributed by atoms with Crippen LogP contribution in [0, 0.1) is 0 Å². The molecule has 0 rings (SSSR count). The Hall–Kier alpha value is -0.270. The molecule has 3 N–H and O–H groups in total. The number of hydrogen-bond acceptors (Lipinski definition) is 5. The Balaban J connectivity index is 0. The molecule has 75 valence electrons. The summed E-state index contributed by atoms with van der Waals surface area (Å²) in [6.07, 6.45) is 0. The van der Waals surface area contributed by atoms with Crippen molar-refractivity contribution in [1.29, 1.82) is 0 Å². The van der Waals surface area contributed by atoms with Crippen LogP contribution in [0.3, 0.4) is 0 Å². The summed E-state index contributed by atoms with van der Waals surface area (Å²) in [7, 11) is -2.94. The second-order valence-corrected chi connectivity index (χ2v) is 2.20. The number of aliphatic carboxylic acids is 1. The molecule has 0 aromatic rings. The summed E-state index contributed by atoms with van der Waals surface area (Å²) >= 11 is 1.17. The molecule has 9 heteroatoms. The summed E-state index contributed by atoms with van der Waals surface area (Å²) in [6.45, 7) is -0.504. The molecule has 12 heavy (non-hydrogen) atoms. The van der Waals surface area contributed by atoms with E-state index in [1.165, 1.54) is 12.5 Å². The number of carboxylic acid groups (broad SMARTS) is 1. The third kappa shape index (κ3) is 16.4. The maximum absolute atomic E-state index is 9.82. The van der Waals surface area contributed by atoms with Crippen molar-refractivity contribution >= 4 is 26.8 Å². The van der Waals surface area contributed by atoms with Crippen LogP contribution < -0.4 is 5.32 Å². The van der Waals surface area contributed by atoms with E-state index < -0.39 is 14.2 Å². The van der Waals surface area contributed by atoms with Crippen LogP contribution in [0.15, 0.2) is 0 Å². The first kappa shape index (κ1) is 14.3. The van der Waals surface area contributed by atoms with Crippen LogP contribution in [0.5, 0.6) is 0 Å². The molecular formula is C3H11NO6PS. The number of hydrogen-bond donors (Lipinski definition) is 3. The third-order valence-corrected chi connectivity index (χ3v) is 0.965. The van der Waals surface area contributed by atoms with Crippen LogP contribution in [-0.4, -0.2) is 33.5 Å². The van der Waals surface area contributed by atoms with Crippen molar-refractivity contribution in [3.8, 4) is 0 Å². The quantitative estimate of drug-likeness (QED) is 0.275. The second-order valence-electron chi connectivity index (χ2n) is 1.38. The van der Waals surface area contributed by atoms with E-state index in [4.69, 9.17) is 14.2 Å². The lowest BCUT2D eigenvalue weighted by Crippen LogP contribution is -2.23. The number of rotatable bonds is 5. The number of carboxylic acids is 1. The molecule has 0 aromatic carbocycles. The third-order valence-electron chi connectivity index (χ3n) is 0.574. The molecule has 0 spiro atoms. The summed E-state index contributed by atoms with van der Waals surface area (Å²) in [6, 6.07) is 0. The van der Waals surface area contributed by atoms with E-state index in [0.29, 0.717) is 0 Å². The minimum absolute atomic E-state index is 0.222. The Morgan fingerprint density at radius 2 is 2.08 bits per heavy atom. The highest BCUT2D eigenvalue weighted by Gasteiger charge is 1.95. The molecule has 1 atom stereocenters. The standard InChI is InChI=1S/C3H8NO5P.H3OS/c5-3(6)1-4-2-9-10(7)8;1-2/h4,10H,1-2H2,(H,5,6)(H,7,8);2H3. The lowest BCUT2D eigenvalue weighted by molar-refractivity contribution is -0.136. The zero-order valence-electron chi connectivity index (χ0n) is 6.02. The fraction of sp³-hybridized carbons (Fsp3) is 0.667. The minimum atomic E-state index is -2.94. The highest BCUT2D eigenvalue weighted by Crippen LogP contribution is 2.11. The second kappa shape index (κ2) is 10.7. The van der Waals surface area contributed by atoms with Gasteiger partial charge in [-0.05, 0) is 0 Å². The average molecular weight is 220 g/mol. The van der Waals surface area contributed by atoms with Gasteiger partial charge in [0, 0.05) is 0 Å². The van der Waals surface area contributed by atoms with Gasteiger partial charge in [0.15, 0.2) is 0 Å². The molecule has 7 nitrogen and oxygen atoms in total. The van der Waals surface area contributed by atoms with Gasteiger partial charge in [-0.3, -0.25) is 23.4 Å². The van der Waals surface area contributed by atoms with E-state index in [1.54, 1.807) is 0 Å². The Morgan fingerprint density at radius 1 is 1.58 bits per heavy atom. The van der Waals surface area contributed by atoms with Crippen LogP contribution in [0.1, 0.15) is 0 Å². The molecular weight excluding hydrogens is 209 g/mol. The summed E-state index contributed by atoms with van der Waals surface area (Å²) < 4.78 is 22.1. The van der Waals surface area contributed by atoms with Crippen molar-refractivity contribution in [2.75, 3.05) is 13.3 Å². The monoisotopic (exact) mass is 220 g/mol.